The zero-order valence-electron chi connectivity index (χ0n) is 14.3. The topological polar surface area (TPSA) is 15.3 Å². The molecule has 1 N–H and O–H groups in total. The summed E-state index contributed by atoms with van der Waals surface area (Å²) in [5.41, 5.74) is 0.372. The lowest BCUT2D eigenvalue weighted by atomic mass is 9.74. The lowest BCUT2D eigenvalue weighted by molar-refractivity contribution is 0.0513. The van der Waals surface area contributed by atoms with E-state index < -0.39 is 0 Å². The fourth-order valence-electron chi connectivity index (χ4n) is 4.17. The van der Waals surface area contributed by atoms with E-state index >= 15 is 0 Å². The highest BCUT2D eigenvalue weighted by molar-refractivity contribution is 4.89. The van der Waals surface area contributed by atoms with Crippen LogP contribution < -0.4 is 5.32 Å². The Morgan fingerprint density at radius 2 is 1.85 bits per heavy atom. The van der Waals surface area contributed by atoms with Crippen molar-refractivity contribution in [3.05, 3.63) is 0 Å². The van der Waals surface area contributed by atoms with Crippen LogP contribution in [0.2, 0.25) is 0 Å². The fourth-order valence-corrected chi connectivity index (χ4v) is 4.17. The first-order valence-corrected chi connectivity index (χ1v) is 8.98. The quantitative estimate of drug-likeness (QED) is 0.793. The number of nitrogens with one attached hydrogen (secondary N) is 1. The number of nitrogens with zero attached hydrogens (tertiary/aromatic N) is 1. The van der Waals surface area contributed by atoms with Crippen LogP contribution in [0.3, 0.4) is 0 Å². The Hall–Kier alpha value is -0.0800. The molecule has 1 saturated carbocycles. The SMILES string of the molecule is CCCNC(C)C(C)(C)CN1CCC2CCCCC2C1. The molecule has 1 aliphatic carbocycles. The maximum atomic E-state index is 3.69. The van der Waals surface area contributed by atoms with Gasteiger partial charge in [0.1, 0.15) is 0 Å². The van der Waals surface area contributed by atoms with Crippen LogP contribution in [-0.2, 0) is 0 Å². The van der Waals surface area contributed by atoms with Gasteiger partial charge in [-0.15, -0.1) is 0 Å². The highest BCUT2D eigenvalue weighted by Crippen LogP contribution is 2.37. The van der Waals surface area contributed by atoms with Gasteiger partial charge in [0, 0.05) is 19.1 Å². The number of hydrogen-bond donors (Lipinski definition) is 1. The second-order valence-corrected chi connectivity index (χ2v) is 7.99. The van der Waals surface area contributed by atoms with Gasteiger partial charge < -0.3 is 10.2 Å². The highest BCUT2D eigenvalue weighted by atomic mass is 15.1. The lowest BCUT2D eigenvalue weighted by Gasteiger charge is -2.45. The number of piperidine rings is 1. The molecule has 0 aromatic rings. The Morgan fingerprint density at radius 1 is 1.15 bits per heavy atom. The van der Waals surface area contributed by atoms with E-state index in [0.717, 1.165) is 18.4 Å². The van der Waals surface area contributed by atoms with Crippen molar-refractivity contribution in [2.24, 2.45) is 17.3 Å². The molecule has 0 aromatic heterocycles. The third-order valence-electron chi connectivity index (χ3n) is 5.88. The van der Waals surface area contributed by atoms with Crippen molar-refractivity contribution in [2.45, 2.75) is 72.3 Å². The molecule has 0 amide bonds. The Bertz CT molecular complexity index is 287. The van der Waals surface area contributed by atoms with Gasteiger partial charge in [0.05, 0.1) is 0 Å². The molecule has 2 heteroatoms. The number of hydrogen-bond acceptors (Lipinski definition) is 2. The standard InChI is InChI=1S/C18H36N2/c1-5-11-19-15(2)18(3,4)14-20-12-10-16-8-6-7-9-17(16)13-20/h15-17,19H,5-14H2,1-4H3. The third kappa shape index (κ3) is 4.21. The number of likely N-dealkylation sites (tertiary alicyclic amines) is 1. The van der Waals surface area contributed by atoms with E-state index in [2.05, 4.69) is 37.9 Å². The minimum absolute atomic E-state index is 0.372. The molecule has 2 rings (SSSR count). The maximum absolute atomic E-state index is 3.69. The van der Waals surface area contributed by atoms with Crippen molar-refractivity contribution >= 4 is 0 Å². The molecule has 2 aliphatic rings. The van der Waals surface area contributed by atoms with Gasteiger partial charge >= 0.3 is 0 Å². The maximum Gasteiger partial charge on any atom is 0.0102 e. The van der Waals surface area contributed by atoms with Crippen molar-refractivity contribution < 1.29 is 0 Å². The van der Waals surface area contributed by atoms with Crippen molar-refractivity contribution in [2.75, 3.05) is 26.2 Å². The molecule has 1 aliphatic heterocycles. The Labute approximate surface area is 126 Å². The Morgan fingerprint density at radius 3 is 2.55 bits per heavy atom. The summed E-state index contributed by atoms with van der Waals surface area (Å²) in [6, 6.07) is 0.603. The molecule has 118 valence electrons. The fraction of sp³-hybridized carbons (Fsp3) is 1.00. The minimum Gasteiger partial charge on any atom is -0.314 e. The predicted octanol–water partition coefficient (Wildman–Crippen LogP) is 3.91. The van der Waals surface area contributed by atoms with Gasteiger partial charge in [-0.25, -0.2) is 0 Å². The monoisotopic (exact) mass is 280 g/mol. The van der Waals surface area contributed by atoms with E-state index in [-0.39, 0.29) is 0 Å². The van der Waals surface area contributed by atoms with Crippen LogP contribution in [0.4, 0.5) is 0 Å². The van der Waals surface area contributed by atoms with E-state index in [1.165, 1.54) is 58.2 Å². The molecule has 1 saturated heterocycles. The molecule has 3 unspecified atom stereocenters. The Kier molecular flexibility index (Phi) is 5.92. The first kappa shape index (κ1) is 16.3. The summed E-state index contributed by atoms with van der Waals surface area (Å²) in [5.74, 6) is 2.06. The van der Waals surface area contributed by atoms with E-state index in [4.69, 9.17) is 0 Å². The van der Waals surface area contributed by atoms with E-state index in [9.17, 15) is 0 Å². The Balaban J connectivity index is 1.82. The molecule has 0 bridgehead atoms. The van der Waals surface area contributed by atoms with Gasteiger partial charge in [0.25, 0.3) is 0 Å². The first-order chi connectivity index (χ1) is 9.53. The molecular weight excluding hydrogens is 244 g/mol. The first-order valence-electron chi connectivity index (χ1n) is 8.98. The van der Waals surface area contributed by atoms with Crippen molar-refractivity contribution in [3.8, 4) is 0 Å². The summed E-state index contributed by atoms with van der Waals surface area (Å²) in [6.45, 7) is 14.6. The van der Waals surface area contributed by atoms with Crippen LogP contribution in [0.5, 0.6) is 0 Å². The molecule has 0 aromatic carbocycles. The van der Waals surface area contributed by atoms with Crippen LogP contribution in [-0.4, -0.2) is 37.1 Å². The van der Waals surface area contributed by atoms with E-state index in [0.29, 0.717) is 11.5 Å². The van der Waals surface area contributed by atoms with E-state index in [1.54, 1.807) is 0 Å². The molecular formula is C18H36N2. The summed E-state index contributed by atoms with van der Waals surface area (Å²) < 4.78 is 0. The smallest absolute Gasteiger partial charge is 0.0102 e. The minimum atomic E-state index is 0.372. The van der Waals surface area contributed by atoms with Crippen molar-refractivity contribution in [3.63, 3.8) is 0 Å². The average Bonchev–Trinajstić information content (AvgIpc) is 2.44. The number of rotatable bonds is 6. The van der Waals surface area contributed by atoms with Crippen molar-refractivity contribution in [1.29, 1.82) is 0 Å². The largest absolute Gasteiger partial charge is 0.314 e. The molecule has 2 nitrogen and oxygen atoms in total. The lowest BCUT2D eigenvalue weighted by Crippen LogP contribution is -2.50. The second kappa shape index (κ2) is 7.26. The average molecular weight is 280 g/mol. The van der Waals surface area contributed by atoms with Gasteiger partial charge in [0.2, 0.25) is 0 Å². The number of fused-ring (bicyclic) bond motifs is 1. The summed E-state index contributed by atoms with van der Waals surface area (Å²) >= 11 is 0. The molecule has 20 heavy (non-hydrogen) atoms. The van der Waals surface area contributed by atoms with Crippen molar-refractivity contribution in [1.82, 2.24) is 10.2 Å². The van der Waals surface area contributed by atoms with Crippen LogP contribution in [0.15, 0.2) is 0 Å². The van der Waals surface area contributed by atoms with E-state index in [1.807, 2.05) is 0 Å². The van der Waals surface area contributed by atoms with Crippen LogP contribution in [0.1, 0.15) is 66.2 Å². The van der Waals surface area contributed by atoms with Gasteiger partial charge in [0.15, 0.2) is 0 Å². The van der Waals surface area contributed by atoms with Crippen LogP contribution in [0, 0.1) is 17.3 Å². The molecule has 3 atom stereocenters. The van der Waals surface area contributed by atoms with Gasteiger partial charge in [-0.3, -0.25) is 0 Å². The zero-order chi connectivity index (χ0) is 14.6. The van der Waals surface area contributed by atoms with Crippen LogP contribution in [0.25, 0.3) is 0 Å². The molecule has 1 heterocycles. The molecule has 0 radical (unpaired) electrons. The predicted molar refractivity (Wildman–Crippen MR) is 88.0 cm³/mol. The van der Waals surface area contributed by atoms with Crippen LogP contribution >= 0.6 is 0 Å². The van der Waals surface area contributed by atoms with Gasteiger partial charge in [-0.2, -0.15) is 0 Å². The summed E-state index contributed by atoms with van der Waals surface area (Å²) in [5, 5.41) is 3.69. The second-order valence-electron chi connectivity index (χ2n) is 7.99. The third-order valence-corrected chi connectivity index (χ3v) is 5.88. The zero-order valence-corrected chi connectivity index (χ0v) is 14.3. The summed E-state index contributed by atoms with van der Waals surface area (Å²) in [4.78, 5) is 2.76. The van der Waals surface area contributed by atoms with Gasteiger partial charge in [-0.05, 0) is 56.5 Å². The summed E-state index contributed by atoms with van der Waals surface area (Å²) in [7, 11) is 0. The normalized spacial score (nSPS) is 30.0. The summed E-state index contributed by atoms with van der Waals surface area (Å²) in [6.07, 6.45) is 8.66. The van der Waals surface area contributed by atoms with Gasteiger partial charge in [-0.1, -0.05) is 40.0 Å². The molecule has 0 spiro atoms. The molecule has 2 fully saturated rings. The highest BCUT2D eigenvalue weighted by Gasteiger charge is 2.34.